The molecule has 0 aromatic heterocycles. The van der Waals surface area contributed by atoms with Crippen LogP contribution in [0, 0.1) is 0 Å². The van der Waals surface area contributed by atoms with Crippen LogP contribution in [-0.4, -0.2) is 18.8 Å². The van der Waals surface area contributed by atoms with E-state index in [1.54, 1.807) is 38.3 Å². The Labute approximate surface area is 90.0 Å². The lowest BCUT2D eigenvalue weighted by molar-refractivity contribution is 0.192. The molecule has 1 aromatic rings. The number of benzene rings is 1. The topological polar surface area (TPSA) is 38.7 Å². The molecule has 0 saturated carbocycles. The summed E-state index contributed by atoms with van der Waals surface area (Å²) in [5.74, 6) is 1.34. The summed E-state index contributed by atoms with van der Waals surface area (Å²) < 4.78 is 10.5. The third-order valence-corrected chi connectivity index (χ3v) is 2.03. The average molecular weight is 208 g/mol. The normalized spacial score (nSPS) is 11.9. The first-order valence-corrected chi connectivity index (χ1v) is 4.78. The van der Waals surface area contributed by atoms with Gasteiger partial charge in [0, 0.05) is 11.6 Å². The van der Waals surface area contributed by atoms with Gasteiger partial charge in [0.1, 0.15) is 18.1 Å². The Balaban J connectivity index is 2.99. The maximum Gasteiger partial charge on any atom is 0.129 e. The average Bonchev–Trinajstić information content (AvgIpc) is 2.25. The van der Waals surface area contributed by atoms with E-state index in [2.05, 4.69) is 6.58 Å². The quantitative estimate of drug-likeness (QED) is 0.755. The summed E-state index contributed by atoms with van der Waals surface area (Å²) in [5.41, 5.74) is 0.748. The zero-order chi connectivity index (χ0) is 11.3. The van der Waals surface area contributed by atoms with Gasteiger partial charge in [0.2, 0.25) is 0 Å². The van der Waals surface area contributed by atoms with Crippen LogP contribution in [0.15, 0.2) is 30.9 Å². The molecule has 1 N–H and O–H groups in total. The van der Waals surface area contributed by atoms with Gasteiger partial charge in [-0.2, -0.15) is 0 Å². The molecule has 3 nitrogen and oxygen atoms in total. The van der Waals surface area contributed by atoms with E-state index in [1.807, 2.05) is 0 Å². The van der Waals surface area contributed by atoms with Crippen LogP contribution in [0.3, 0.4) is 0 Å². The highest BCUT2D eigenvalue weighted by Crippen LogP contribution is 2.29. The number of methoxy groups -OCH3 is 1. The Kier molecular flexibility index (Phi) is 4.18. The third kappa shape index (κ3) is 2.99. The number of hydrogen-bond donors (Lipinski definition) is 1. The summed E-state index contributed by atoms with van der Waals surface area (Å²) in [6.45, 7) is 5.68. The fourth-order valence-corrected chi connectivity index (χ4v) is 1.26. The minimum absolute atomic E-state index is 0.410. The summed E-state index contributed by atoms with van der Waals surface area (Å²) in [6, 6.07) is 5.34. The zero-order valence-corrected chi connectivity index (χ0v) is 9.06. The molecule has 0 bridgehead atoms. The summed E-state index contributed by atoms with van der Waals surface area (Å²) in [6.07, 6.45) is 1.10. The van der Waals surface area contributed by atoms with E-state index in [1.165, 1.54) is 0 Å². The van der Waals surface area contributed by atoms with E-state index in [0.717, 1.165) is 5.56 Å². The van der Waals surface area contributed by atoms with Crippen molar-refractivity contribution in [3.8, 4) is 11.5 Å². The highest BCUT2D eigenvalue weighted by Gasteiger charge is 2.09. The lowest BCUT2D eigenvalue weighted by Gasteiger charge is -2.13. The maximum absolute atomic E-state index is 9.52. The van der Waals surface area contributed by atoms with Gasteiger partial charge >= 0.3 is 0 Å². The van der Waals surface area contributed by atoms with Gasteiger partial charge in [-0.25, -0.2) is 0 Å². The number of aliphatic hydroxyl groups is 1. The van der Waals surface area contributed by atoms with E-state index in [4.69, 9.17) is 9.47 Å². The van der Waals surface area contributed by atoms with Gasteiger partial charge in [-0.1, -0.05) is 12.7 Å². The van der Waals surface area contributed by atoms with Crippen molar-refractivity contribution in [1.29, 1.82) is 0 Å². The standard InChI is InChI=1S/C12H16O3/c1-4-7-15-12-8-10(14-3)5-6-11(12)9(2)13/h4-6,8-9,13H,1,7H2,2-3H3/t9-/m0/s1. The lowest BCUT2D eigenvalue weighted by Crippen LogP contribution is -2.00. The van der Waals surface area contributed by atoms with Crippen LogP contribution in [0.4, 0.5) is 0 Å². The molecule has 0 spiro atoms. The van der Waals surface area contributed by atoms with Crippen molar-refractivity contribution in [2.75, 3.05) is 13.7 Å². The van der Waals surface area contributed by atoms with Crippen LogP contribution in [0.5, 0.6) is 11.5 Å². The summed E-state index contributed by atoms with van der Waals surface area (Å²) >= 11 is 0. The molecular weight excluding hydrogens is 192 g/mol. The van der Waals surface area contributed by atoms with Gasteiger partial charge in [-0.15, -0.1) is 0 Å². The van der Waals surface area contributed by atoms with Gasteiger partial charge in [0.05, 0.1) is 13.2 Å². The van der Waals surface area contributed by atoms with Crippen LogP contribution in [0.1, 0.15) is 18.6 Å². The molecule has 0 unspecified atom stereocenters. The Hall–Kier alpha value is -1.48. The van der Waals surface area contributed by atoms with Crippen LogP contribution in [0.25, 0.3) is 0 Å². The van der Waals surface area contributed by atoms with E-state index >= 15 is 0 Å². The molecule has 82 valence electrons. The van der Waals surface area contributed by atoms with Crippen molar-refractivity contribution < 1.29 is 14.6 Å². The van der Waals surface area contributed by atoms with Gasteiger partial charge in [-0.3, -0.25) is 0 Å². The molecule has 15 heavy (non-hydrogen) atoms. The molecule has 0 aliphatic heterocycles. The molecule has 0 radical (unpaired) electrons. The molecule has 0 aliphatic rings. The van der Waals surface area contributed by atoms with Crippen molar-refractivity contribution in [3.63, 3.8) is 0 Å². The fourth-order valence-electron chi connectivity index (χ4n) is 1.26. The Bertz CT molecular complexity index is 332. The van der Waals surface area contributed by atoms with Crippen molar-refractivity contribution >= 4 is 0 Å². The highest BCUT2D eigenvalue weighted by atomic mass is 16.5. The number of hydrogen-bond acceptors (Lipinski definition) is 3. The Morgan fingerprint density at radius 3 is 2.80 bits per heavy atom. The van der Waals surface area contributed by atoms with Gasteiger partial charge < -0.3 is 14.6 Å². The van der Waals surface area contributed by atoms with Gasteiger partial charge in [0.25, 0.3) is 0 Å². The molecule has 0 saturated heterocycles. The van der Waals surface area contributed by atoms with E-state index < -0.39 is 6.10 Å². The summed E-state index contributed by atoms with van der Waals surface area (Å²) in [4.78, 5) is 0. The molecular formula is C12H16O3. The molecule has 0 heterocycles. The van der Waals surface area contributed by atoms with Crippen molar-refractivity contribution in [3.05, 3.63) is 36.4 Å². The minimum atomic E-state index is -0.560. The summed E-state index contributed by atoms with van der Waals surface area (Å²) in [7, 11) is 1.59. The lowest BCUT2D eigenvalue weighted by atomic mass is 10.1. The van der Waals surface area contributed by atoms with Crippen LogP contribution < -0.4 is 9.47 Å². The molecule has 1 aromatic carbocycles. The van der Waals surface area contributed by atoms with Crippen LogP contribution in [-0.2, 0) is 0 Å². The minimum Gasteiger partial charge on any atom is -0.497 e. The molecule has 0 fully saturated rings. The fraction of sp³-hybridized carbons (Fsp3) is 0.333. The number of ether oxygens (including phenoxy) is 2. The first-order chi connectivity index (χ1) is 7.19. The maximum atomic E-state index is 9.52. The van der Waals surface area contributed by atoms with Crippen molar-refractivity contribution in [2.45, 2.75) is 13.0 Å². The molecule has 0 aliphatic carbocycles. The second kappa shape index (κ2) is 5.41. The van der Waals surface area contributed by atoms with E-state index in [0.29, 0.717) is 18.1 Å². The first-order valence-electron chi connectivity index (χ1n) is 4.78. The van der Waals surface area contributed by atoms with Crippen LogP contribution in [0.2, 0.25) is 0 Å². The Morgan fingerprint density at radius 1 is 1.53 bits per heavy atom. The molecule has 3 heteroatoms. The smallest absolute Gasteiger partial charge is 0.129 e. The van der Waals surface area contributed by atoms with Crippen LogP contribution >= 0.6 is 0 Å². The van der Waals surface area contributed by atoms with Gasteiger partial charge in [0.15, 0.2) is 0 Å². The molecule has 1 rings (SSSR count). The number of aliphatic hydroxyl groups excluding tert-OH is 1. The van der Waals surface area contributed by atoms with Gasteiger partial charge in [-0.05, 0) is 19.1 Å². The first kappa shape index (κ1) is 11.6. The monoisotopic (exact) mass is 208 g/mol. The second-order valence-corrected chi connectivity index (χ2v) is 3.18. The van der Waals surface area contributed by atoms with Crippen molar-refractivity contribution in [2.24, 2.45) is 0 Å². The molecule has 1 atom stereocenters. The Morgan fingerprint density at radius 2 is 2.27 bits per heavy atom. The van der Waals surface area contributed by atoms with E-state index in [-0.39, 0.29) is 0 Å². The predicted molar refractivity (Wildman–Crippen MR) is 59.3 cm³/mol. The predicted octanol–water partition coefficient (Wildman–Crippen LogP) is 2.31. The second-order valence-electron chi connectivity index (χ2n) is 3.18. The van der Waals surface area contributed by atoms with Crippen molar-refractivity contribution in [1.82, 2.24) is 0 Å². The molecule has 0 amide bonds. The summed E-state index contributed by atoms with van der Waals surface area (Å²) in [5, 5.41) is 9.52. The zero-order valence-electron chi connectivity index (χ0n) is 9.06. The number of rotatable bonds is 5. The van der Waals surface area contributed by atoms with E-state index in [9.17, 15) is 5.11 Å². The SMILES string of the molecule is C=CCOc1cc(OC)ccc1[C@H](C)O. The third-order valence-electron chi connectivity index (χ3n) is 2.03. The largest absolute Gasteiger partial charge is 0.497 e. The highest BCUT2D eigenvalue weighted by molar-refractivity contribution is 5.41.